The van der Waals surface area contributed by atoms with E-state index in [-0.39, 0.29) is 6.09 Å². The molecule has 0 radical (unpaired) electrons. The van der Waals surface area contributed by atoms with Crippen LogP contribution in [0.25, 0.3) is 0 Å². The maximum Gasteiger partial charge on any atom is 0.414 e. The molecule has 0 saturated heterocycles. The largest absolute Gasteiger partial charge is 0.443 e. The van der Waals surface area contributed by atoms with E-state index in [9.17, 15) is 4.79 Å². The second-order valence-corrected chi connectivity index (χ2v) is 6.66. The zero-order valence-electron chi connectivity index (χ0n) is 14.5. The van der Waals surface area contributed by atoms with Crippen molar-refractivity contribution in [2.75, 3.05) is 18.0 Å². The zero-order chi connectivity index (χ0) is 16.9. The van der Waals surface area contributed by atoms with Crippen LogP contribution in [-0.2, 0) is 17.7 Å². The molecule has 0 spiro atoms. The first-order valence-corrected chi connectivity index (χ1v) is 8.14. The van der Waals surface area contributed by atoms with E-state index in [1.807, 2.05) is 27.7 Å². The molecule has 4 heteroatoms. The van der Waals surface area contributed by atoms with E-state index in [0.717, 1.165) is 37.2 Å². The third-order valence-electron chi connectivity index (χ3n) is 3.61. The number of amides is 1. The highest BCUT2D eigenvalue weighted by atomic mass is 16.6. The number of fused-ring (bicyclic) bond motifs is 1. The summed E-state index contributed by atoms with van der Waals surface area (Å²) < 4.78 is 5.54. The van der Waals surface area contributed by atoms with Crippen LogP contribution in [0.4, 0.5) is 10.5 Å². The summed E-state index contributed by atoms with van der Waals surface area (Å²) in [6.45, 7) is 9.79. The Balaban J connectivity index is 2.10. The summed E-state index contributed by atoms with van der Waals surface area (Å²) in [7, 11) is 0. The number of nitrogens with one attached hydrogen (secondary N) is 1. The van der Waals surface area contributed by atoms with E-state index < -0.39 is 5.60 Å². The highest BCUT2D eigenvalue weighted by Crippen LogP contribution is 2.33. The zero-order valence-corrected chi connectivity index (χ0v) is 14.5. The van der Waals surface area contributed by atoms with Crippen LogP contribution in [0.1, 0.15) is 45.2 Å². The van der Waals surface area contributed by atoms with Gasteiger partial charge in [-0.2, -0.15) is 0 Å². The van der Waals surface area contributed by atoms with Crippen molar-refractivity contribution in [3.8, 4) is 11.8 Å². The molecular weight excluding hydrogens is 288 g/mol. The lowest BCUT2D eigenvalue weighted by Gasteiger charge is -2.26. The topological polar surface area (TPSA) is 41.6 Å². The monoisotopic (exact) mass is 314 g/mol. The lowest BCUT2D eigenvalue weighted by atomic mass is 10.1. The Labute approximate surface area is 139 Å². The number of carbonyl (C=O) groups excluding carboxylic acids is 1. The van der Waals surface area contributed by atoms with Gasteiger partial charge in [-0.05, 0) is 45.2 Å². The summed E-state index contributed by atoms with van der Waals surface area (Å²) in [6, 6.07) is 6.21. The van der Waals surface area contributed by atoms with Crippen molar-refractivity contribution < 1.29 is 9.53 Å². The second kappa shape index (κ2) is 7.52. The third-order valence-corrected chi connectivity index (χ3v) is 3.61. The molecule has 1 aromatic rings. The van der Waals surface area contributed by atoms with Crippen molar-refractivity contribution in [2.24, 2.45) is 0 Å². The summed E-state index contributed by atoms with van der Waals surface area (Å²) in [5.74, 6) is 5.93. The van der Waals surface area contributed by atoms with Crippen LogP contribution in [0.2, 0.25) is 0 Å². The molecule has 1 aliphatic rings. The molecule has 0 aromatic heterocycles. The van der Waals surface area contributed by atoms with Gasteiger partial charge in [0.25, 0.3) is 0 Å². The first-order chi connectivity index (χ1) is 10.9. The van der Waals surface area contributed by atoms with E-state index in [1.165, 1.54) is 5.56 Å². The number of anilines is 1. The quantitative estimate of drug-likeness (QED) is 0.683. The fourth-order valence-electron chi connectivity index (χ4n) is 2.68. The summed E-state index contributed by atoms with van der Waals surface area (Å²) >= 11 is 0. The van der Waals surface area contributed by atoms with Crippen LogP contribution in [-0.4, -0.2) is 24.8 Å². The molecule has 1 aliphatic heterocycles. The minimum atomic E-state index is -0.480. The maximum absolute atomic E-state index is 12.5. The van der Waals surface area contributed by atoms with Gasteiger partial charge in [0.2, 0.25) is 0 Å². The molecule has 0 bridgehead atoms. The van der Waals surface area contributed by atoms with Gasteiger partial charge < -0.3 is 10.1 Å². The number of rotatable bonds is 4. The molecule has 23 heavy (non-hydrogen) atoms. The number of hydrogen-bond donors (Lipinski definition) is 1. The maximum atomic E-state index is 12.5. The fourth-order valence-corrected chi connectivity index (χ4v) is 2.68. The Morgan fingerprint density at radius 2 is 2.17 bits per heavy atom. The van der Waals surface area contributed by atoms with Gasteiger partial charge in [-0.3, -0.25) is 4.90 Å². The van der Waals surface area contributed by atoms with Gasteiger partial charge in [-0.25, -0.2) is 4.79 Å². The Kier molecular flexibility index (Phi) is 5.68. The molecule has 1 heterocycles. The first kappa shape index (κ1) is 17.4. The lowest BCUT2D eigenvalue weighted by Crippen LogP contribution is -2.36. The van der Waals surface area contributed by atoms with Gasteiger partial charge in [0, 0.05) is 26.1 Å². The van der Waals surface area contributed by atoms with Crippen LogP contribution in [0, 0.1) is 11.8 Å². The molecule has 0 aliphatic carbocycles. The molecule has 0 saturated carbocycles. The fraction of sp³-hybridized carbons (Fsp3) is 0.526. The van der Waals surface area contributed by atoms with Crippen molar-refractivity contribution in [2.45, 2.75) is 52.7 Å². The molecule has 0 unspecified atom stereocenters. The standard InChI is InChI=1S/C19H26N2O2/c1-5-6-7-12-20-14-16-10-8-9-15-11-13-21(17(15)16)18(22)23-19(2,3)4/h8-10,20H,7,11-14H2,1-4H3. The van der Waals surface area contributed by atoms with Crippen LogP contribution in [0.3, 0.4) is 0 Å². The van der Waals surface area contributed by atoms with Crippen LogP contribution < -0.4 is 10.2 Å². The number of para-hydroxylation sites is 1. The third kappa shape index (κ3) is 4.74. The predicted molar refractivity (Wildman–Crippen MR) is 93.5 cm³/mol. The number of benzene rings is 1. The summed E-state index contributed by atoms with van der Waals surface area (Å²) in [6.07, 6.45) is 1.45. The molecule has 1 aromatic carbocycles. The van der Waals surface area contributed by atoms with Gasteiger partial charge in [-0.15, -0.1) is 11.8 Å². The highest BCUT2D eigenvalue weighted by molar-refractivity contribution is 5.91. The molecule has 1 N–H and O–H groups in total. The number of hydrogen-bond acceptors (Lipinski definition) is 3. The van der Waals surface area contributed by atoms with Crippen LogP contribution in [0.5, 0.6) is 0 Å². The smallest absolute Gasteiger partial charge is 0.414 e. The van der Waals surface area contributed by atoms with Crippen molar-refractivity contribution >= 4 is 11.8 Å². The summed E-state index contributed by atoms with van der Waals surface area (Å²) in [4.78, 5) is 14.2. The van der Waals surface area contributed by atoms with Crippen molar-refractivity contribution in [1.29, 1.82) is 0 Å². The number of ether oxygens (including phenoxy) is 1. The Morgan fingerprint density at radius 1 is 1.39 bits per heavy atom. The van der Waals surface area contributed by atoms with Gasteiger partial charge in [0.1, 0.15) is 5.60 Å². The minimum absolute atomic E-state index is 0.263. The average Bonchev–Trinajstić information content (AvgIpc) is 2.90. The van der Waals surface area contributed by atoms with Crippen LogP contribution >= 0.6 is 0 Å². The van der Waals surface area contributed by atoms with Gasteiger partial charge in [0.15, 0.2) is 0 Å². The Morgan fingerprint density at radius 3 is 2.87 bits per heavy atom. The van der Waals surface area contributed by atoms with Crippen molar-refractivity contribution in [1.82, 2.24) is 5.32 Å². The molecule has 4 nitrogen and oxygen atoms in total. The molecule has 0 atom stereocenters. The van der Waals surface area contributed by atoms with E-state index in [0.29, 0.717) is 6.54 Å². The van der Waals surface area contributed by atoms with Crippen molar-refractivity contribution in [3.63, 3.8) is 0 Å². The predicted octanol–water partition coefficient (Wildman–Crippen LogP) is 3.49. The van der Waals surface area contributed by atoms with E-state index in [1.54, 1.807) is 4.90 Å². The normalized spacial score (nSPS) is 13.3. The van der Waals surface area contributed by atoms with E-state index >= 15 is 0 Å². The first-order valence-electron chi connectivity index (χ1n) is 8.14. The highest BCUT2D eigenvalue weighted by Gasteiger charge is 2.30. The molecule has 0 fully saturated rings. The minimum Gasteiger partial charge on any atom is -0.443 e. The SMILES string of the molecule is CC#CCCNCc1cccc2c1N(C(=O)OC(C)(C)C)CC2. The lowest BCUT2D eigenvalue weighted by molar-refractivity contribution is 0.0583. The second-order valence-electron chi connectivity index (χ2n) is 6.66. The Bertz CT molecular complexity index is 620. The molecular formula is C19H26N2O2. The molecule has 124 valence electrons. The van der Waals surface area contributed by atoms with Gasteiger partial charge in [-0.1, -0.05) is 18.2 Å². The Hall–Kier alpha value is -1.99. The number of nitrogens with zero attached hydrogens (tertiary/aromatic N) is 1. The van der Waals surface area contributed by atoms with Crippen molar-refractivity contribution in [3.05, 3.63) is 29.3 Å². The van der Waals surface area contributed by atoms with Crippen LogP contribution in [0.15, 0.2) is 18.2 Å². The molecule has 1 amide bonds. The van der Waals surface area contributed by atoms with Gasteiger partial charge in [0.05, 0.1) is 5.69 Å². The summed E-state index contributed by atoms with van der Waals surface area (Å²) in [5.41, 5.74) is 2.88. The number of carbonyl (C=O) groups is 1. The van der Waals surface area contributed by atoms with E-state index in [2.05, 4.69) is 35.4 Å². The van der Waals surface area contributed by atoms with Gasteiger partial charge >= 0.3 is 6.09 Å². The average molecular weight is 314 g/mol. The summed E-state index contributed by atoms with van der Waals surface area (Å²) in [5, 5.41) is 3.39. The molecule has 2 rings (SSSR count). The van der Waals surface area contributed by atoms with E-state index in [4.69, 9.17) is 4.74 Å².